The van der Waals surface area contributed by atoms with Crippen molar-refractivity contribution in [2.24, 2.45) is 0 Å². The molecule has 1 fully saturated rings. The molecular weight excluding hydrogens is 367 g/mol. The second kappa shape index (κ2) is 7.71. The second-order valence-electron chi connectivity index (χ2n) is 6.03. The maximum absolute atomic E-state index is 13.3. The van der Waals surface area contributed by atoms with Crippen LogP contribution in [0.5, 0.6) is 11.6 Å². The average Bonchev–Trinajstić information content (AvgIpc) is 3.23. The Labute approximate surface area is 159 Å². The van der Waals surface area contributed by atoms with Gasteiger partial charge in [-0.15, -0.1) is 11.3 Å². The zero-order chi connectivity index (χ0) is 18.6. The van der Waals surface area contributed by atoms with E-state index in [4.69, 9.17) is 4.74 Å². The number of hydrogen-bond acceptors (Lipinski definition) is 6. The molecule has 0 spiro atoms. The van der Waals surface area contributed by atoms with Crippen molar-refractivity contribution in [1.29, 1.82) is 0 Å². The number of anilines is 1. The first-order chi connectivity index (χ1) is 13.2. The van der Waals surface area contributed by atoms with Crippen LogP contribution in [0.3, 0.4) is 0 Å². The highest BCUT2D eigenvalue weighted by atomic mass is 32.1. The van der Waals surface area contributed by atoms with E-state index < -0.39 is 0 Å². The molecule has 0 aliphatic carbocycles. The Kier molecular flexibility index (Phi) is 4.97. The smallest absolute Gasteiger partial charge is 0.264 e. The first kappa shape index (κ1) is 17.4. The monoisotopic (exact) mass is 384 g/mol. The van der Waals surface area contributed by atoms with Gasteiger partial charge in [-0.05, 0) is 23.6 Å². The van der Waals surface area contributed by atoms with E-state index in [0.717, 1.165) is 10.7 Å². The molecule has 0 saturated carbocycles. The van der Waals surface area contributed by atoms with Crippen molar-refractivity contribution >= 4 is 23.1 Å². The number of thiophene rings is 1. The Morgan fingerprint density at radius 1 is 1.07 bits per heavy atom. The predicted molar refractivity (Wildman–Crippen MR) is 101 cm³/mol. The van der Waals surface area contributed by atoms with Crippen LogP contribution in [-0.2, 0) is 0 Å². The number of hydrogen-bond donors (Lipinski definition) is 0. The number of nitrogens with zero attached hydrogens (tertiary/aromatic N) is 4. The summed E-state index contributed by atoms with van der Waals surface area (Å²) in [5.74, 6) is 1.16. The van der Waals surface area contributed by atoms with E-state index in [2.05, 4.69) is 14.9 Å². The topological polar surface area (TPSA) is 58.6 Å². The van der Waals surface area contributed by atoms with Gasteiger partial charge in [0.15, 0.2) is 0 Å². The number of benzene rings is 1. The third kappa shape index (κ3) is 4.06. The van der Waals surface area contributed by atoms with Gasteiger partial charge in [-0.25, -0.2) is 14.4 Å². The molecule has 0 atom stereocenters. The first-order valence-corrected chi connectivity index (χ1v) is 9.40. The molecule has 27 heavy (non-hydrogen) atoms. The lowest BCUT2D eigenvalue weighted by Crippen LogP contribution is -2.48. The van der Waals surface area contributed by atoms with Crippen LogP contribution in [0.25, 0.3) is 0 Å². The Hall–Kier alpha value is -3.00. The van der Waals surface area contributed by atoms with Gasteiger partial charge < -0.3 is 14.5 Å². The summed E-state index contributed by atoms with van der Waals surface area (Å²) in [5, 5.41) is 1.91. The normalized spacial score (nSPS) is 14.3. The summed E-state index contributed by atoms with van der Waals surface area (Å²) in [5.41, 5.74) is 0. The molecule has 0 N–H and O–H groups in total. The lowest BCUT2D eigenvalue weighted by atomic mass is 10.3. The summed E-state index contributed by atoms with van der Waals surface area (Å²) in [7, 11) is 0. The van der Waals surface area contributed by atoms with Crippen molar-refractivity contribution in [3.8, 4) is 11.6 Å². The molecule has 1 amide bonds. The van der Waals surface area contributed by atoms with E-state index >= 15 is 0 Å². The van der Waals surface area contributed by atoms with E-state index in [1.165, 1.54) is 29.8 Å². The third-order valence-corrected chi connectivity index (χ3v) is 5.13. The highest BCUT2D eigenvalue weighted by Gasteiger charge is 2.23. The fourth-order valence-electron chi connectivity index (χ4n) is 2.90. The van der Waals surface area contributed by atoms with Crippen LogP contribution in [0.1, 0.15) is 9.67 Å². The largest absolute Gasteiger partial charge is 0.439 e. The Morgan fingerprint density at radius 2 is 1.93 bits per heavy atom. The maximum atomic E-state index is 13.3. The van der Waals surface area contributed by atoms with Gasteiger partial charge in [-0.3, -0.25) is 4.79 Å². The van der Waals surface area contributed by atoms with Crippen molar-refractivity contribution in [1.82, 2.24) is 14.9 Å². The van der Waals surface area contributed by atoms with Gasteiger partial charge in [-0.1, -0.05) is 12.1 Å². The van der Waals surface area contributed by atoms with Crippen molar-refractivity contribution in [2.45, 2.75) is 0 Å². The molecule has 138 valence electrons. The first-order valence-electron chi connectivity index (χ1n) is 8.52. The van der Waals surface area contributed by atoms with Crippen molar-refractivity contribution in [3.05, 3.63) is 64.9 Å². The predicted octanol–water partition coefficient (Wildman–Crippen LogP) is 3.43. The van der Waals surface area contributed by atoms with E-state index in [-0.39, 0.29) is 11.7 Å². The summed E-state index contributed by atoms with van der Waals surface area (Å²) in [6.07, 6.45) is 1.42. The van der Waals surface area contributed by atoms with Crippen LogP contribution in [0.4, 0.5) is 10.2 Å². The number of amides is 1. The van der Waals surface area contributed by atoms with Crippen LogP contribution in [0.15, 0.2) is 54.2 Å². The average molecular weight is 384 g/mol. The Morgan fingerprint density at radius 3 is 2.67 bits per heavy atom. The molecule has 0 unspecified atom stereocenters. The molecule has 1 aliphatic heterocycles. The van der Waals surface area contributed by atoms with Gasteiger partial charge in [-0.2, -0.15) is 0 Å². The van der Waals surface area contributed by atoms with Crippen LogP contribution in [-0.4, -0.2) is 47.0 Å². The molecule has 2 aromatic heterocycles. The molecule has 1 aliphatic rings. The molecule has 0 radical (unpaired) electrons. The zero-order valence-electron chi connectivity index (χ0n) is 14.4. The SMILES string of the molecule is O=C(c1cccs1)N1CCN(c2cc(Oc3cccc(F)c3)ncn2)CC1. The van der Waals surface area contributed by atoms with Gasteiger partial charge >= 0.3 is 0 Å². The number of aromatic nitrogens is 2. The summed E-state index contributed by atoms with van der Waals surface area (Å²) in [6.45, 7) is 2.60. The van der Waals surface area contributed by atoms with Gasteiger partial charge in [0.05, 0.1) is 4.88 Å². The van der Waals surface area contributed by atoms with Gasteiger partial charge in [0.2, 0.25) is 5.88 Å². The summed E-state index contributed by atoms with van der Waals surface area (Å²) >= 11 is 1.46. The van der Waals surface area contributed by atoms with E-state index in [0.29, 0.717) is 37.8 Å². The molecule has 1 aromatic carbocycles. The number of carbonyl (C=O) groups is 1. The molecule has 0 bridgehead atoms. The molecule has 3 heterocycles. The zero-order valence-corrected chi connectivity index (χ0v) is 15.2. The lowest BCUT2D eigenvalue weighted by Gasteiger charge is -2.35. The fraction of sp³-hybridized carbons (Fsp3) is 0.211. The van der Waals surface area contributed by atoms with Crippen LogP contribution < -0.4 is 9.64 Å². The quantitative estimate of drug-likeness (QED) is 0.690. The van der Waals surface area contributed by atoms with E-state index in [1.54, 1.807) is 18.2 Å². The molecule has 8 heteroatoms. The van der Waals surface area contributed by atoms with Crippen LogP contribution in [0, 0.1) is 5.82 Å². The van der Waals surface area contributed by atoms with Gasteiger partial charge in [0, 0.05) is 38.3 Å². The van der Waals surface area contributed by atoms with Crippen LogP contribution >= 0.6 is 11.3 Å². The molecule has 1 saturated heterocycles. The fourth-order valence-corrected chi connectivity index (χ4v) is 3.60. The van der Waals surface area contributed by atoms with Gasteiger partial charge in [0.1, 0.15) is 23.7 Å². The minimum atomic E-state index is -0.367. The van der Waals surface area contributed by atoms with Gasteiger partial charge in [0.25, 0.3) is 5.91 Å². The Balaban J connectivity index is 1.40. The summed E-state index contributed by atoms with van der Waals surface area (Å²) in [6, 6.07) is 11.4. The highest BCUT2D eigenvalue weighted by molar-refractivity contribution is 7.12. The standard InChI is InChI=1S/C19H17FN4O2S/c20-14-3-1-4-15(11-14)26-18-12-17(21-13-22-18)23-6-8-24(9-7-23)19(25)16-5-2-10-27-16/h1-5,10-13H,6-9H2. The minimum absolute atomic E-state index is 0.0717. The number of piperazine rings is 1. The molecular formula is C19H17FN4O2S. The summed E-state index contributed by atoms with van der Waals surface area (Å²) in [4.78, 5) is 25.5. The minimum Gasteiger partial charge on any atom is -0.439 e. The summed E-state index contributed by atoms with van der Waals surface area (Å²) < 4.78 is 18.9. The van der Waals surface area contributed by atoms with Crippen molar-refractivity contribution in [3.63, 3.8) is 0 Å². The van der Waals surface area contributed by atoms with E-state index in [1.807, 2.05) is 22.4 Å². The van der Waals surface area contributed by atoms with Crippen molar-refractivity contribution in [2.75, 3.05) is 31.1 Å². The van der Waals surface area contributed by atoms with Crippen molar-refractivity contribution < 1.29 is 13.9 Å². The highest BCUT2D eigenvalue weighted by Crippen LogP contribution is 2.24. The molecule has 6 nitrogen and oxygen atoms in total. The number of ether oxygens (including phenoxy) is 1. The third-order valence-electron chi connectivity index (χ3n) is 4.27. The van der Waals surface area contributed by atoms with Crippen LogP contribution in [0.2, 0.25) is 0 Å². The molecule has 4 rings (SSSR count). The number of carbonyl (C=O) groups excluding carboxylic acids is 1. The second-order valence-corrected chi connectivity index (χ2v) is 6.98. The Bertz CT molecular complexity index is 927. The lowest BCUT2D eigenvalue weighted by molar-refractivity contribution is 0.0751. The van der Waals surface area contributed by atoms with E-state index in [9.17, 15) is 9.18 Å². The maximum Gasteiger partial charge on any atom is 0.264 e. The number of rotatable bonds is 4. The molecule has 3 aromatic rings. The number of halogens is 1.